The van der Waals surface area contributed by atoms with Crippen molar-refractivity contribution in [2.45, 2.75) is 25.4 Å². The molecule has 0 aliphatic carbocycles. The van der Waals surface area contributed by atoms with E-state index in [4.69, 9.17) is 16.3 Å². The van der Waals surface area contributed by atoms with E-state index in [0.717, 1.165) is 6.20 Å². The molecule has 1 rings (SSSR count). The molecule has 0 radical (unpaired) electrons. The highest BCUT2D eigenvalue weighted by atomic mass is 35.5. The highest BCUT2D eigenvalue weighted by Crippen LogP contribution is 2.22. The molecule has 0 saturated carbocycles. The van der Waals surface area contributed by atoms with Gasteiger partial charge in [-0.2, -0.15) is 13.2 Å². The summed E-state index contributed by atoms with van der Waals surface area (Å²) in [5.74, 6) is -0.440. The third kappa shape index (κ3) is 5.49. The Morgan fingerprint density at radius 2 is 2.08 bits per heavy atom. The Morgan fingerprint density at radius 1 is 1.46 bits per heavy atom. The summed E-state index contributed by atoms with van der Waals surface area (Å²) >= 11 is 5.78. The Labute approximate surface area is 141 Å². The SMILES string of the molecule is CCNC(=O)c1cc(OC[C@H](C)NS(=O)(=O)C(F)(F)F)cnc1Cl. The molecule has 1 aromatic heterocycles. The summed E-state index contributed by atoms with van der Waals surface area (Å²) in [6.45, 7) is 2.84. The molecule has 12 heteroatoms. The highest BCUT2D eigenvalue weighted by Gasteiger charge is 2.46. The fourth-order valence-electron chi connectivity index (χ4n) is 1.51. The van der Waals surface area contributed by atoms with Crippen molar-refractivity contribution in [1.82, 2.24) is 15.0 Å². The molecule has 136 valence electrons. The maximum atomic E-state index is 12.3. The number of halogens is 4. The normalized spacial score (nSPS) is 13.4. The number of pyridine rings is 1. The molecular formula is C12H15ClF3N3O4S. The lowest BCUT2D eigenvalue weighted by Crippen LogP contribution is -2.43. The van der Waals surface area contributed by atoms with Gasteiger partial charge in [0.15, 0.2) is 0 Å². The van der Waals surface area contributed by atoms with Gasteiger partial charge in [0.1, 0.15) is 17.5 Å². The molecule has 0 fully saturated rings. The quantitative estimate of drug-likeness (QED) is 0.692. The number of ether oxygens (including phenoxy) is 1. The number of amides is 1. The van der Waals surface area contributed by atoms with Gasteiger partial charge in [0.2, 0.25) is 0 Å². The van der Waals surface area contributed by atoms with E-state index in [0.29, 0.717) is 6.54 Å². The summed E-state index contributed by atoms with van der Waals surface area (Å²) in [4.78, 5) is 15.5. The Bertz CT molecular complexity index is 697. The van der Waals surface area contributed by atoms with Crippen LogP contribution in [0.2, 0.25) is 5.15 Å². The molecule has 24 heavy (non-hydrogen) atoms. The van der Waals surface area contributed by atoms with Gasteiger partial charge < -0.3 is 10.1 Å². The topological polar surface area (TPSA) is 97.4 Å². The molecule has 1 amide bonds. The van der Waals surface area contributed by atoms with E-state index in [1.54, 1.807) is 6.92 Å². The molecule has 1 aromatic rings. The van der Waals surface area contributed by atoms with Crippen LogP contribution < -0.4 is 14.8 Å². The van der Waals surface area contributed by atoms with Gasteiger partial charge in [-0.3, -0.25) is 4.79 Å². The summed E-state index contributed by atoms with van der Waals surface area (Å²) < 4.78 is 65.3. The van der Waals surface area contributed by atoms with Crippen LogP contribution in [-0.2, 0) is 10.0 Å². The maximum absolute atomic E-state index is 12.3. The standard InChI is InChI=1S/C12H15ClF3N3O4S/c1-3-17-11(20)9-4-8(5-18-10(9)13)23-6-7(2)19-24(21,22)12(14,15)16/h4-5,7,19H,3,6H2,1-2H3,(H,17,20)/t7-/m0/s1. The summed E-state index contributed by atoms with van der Waals surface area (Å²) in [5, 5.41) is 2.44. The first-order valence-corrected chi connectivity index (χ1v) is 8.49. The van der Waals surface area contributed by atoms with E-state index in [2.05, 4.69) is 10.3 Å². The third-order valence-electron chi connectivity index (χ3n) is 2.56. The first-order valence-electron chi connectivity index (χ1n) is 6.63. The molecule has 0 spiro atoms. The second-order valence-electron chi connectivity index (χ2n) is 4.65. The zero-order chi connectivity index (χ0) is 18.5. The van der Waals surface area contributed by atoms with Gasteiger partial charge in [-0.15, -0.1) is 0 Å². The van der Waals surface area contributed by atoms with E-state index < -0.39 is 34.1 Å². The van der Waals surface area contributed by atoms with Crippen LogP contribution in [-0.4, -0.2) is 44.0 Å². The number of aromatic nitrogens is 1. The highest BCUT2D eigenvalue weighted by molar-refractivity contribution is 7.90. The van der Waals surface area contributed by atoms with Crippen molar-refractivity contribution in [3.8, 4) is 5.75 Å². The van der Waals surface area contributed by atoms with Gasteiger partial charge in [0, 0.05) is 6.54 Å². The van der Waals surface area contributed by atoms with E-state index >= 15 is 0 Å². The largest absolute Gasteiger partial charge is 0.511 e. The van der Waals surface area contributed by atoms with Gasteiger partial charge in [-0.1, -0.05) is 11.6 Å². The number of hydrogen-bond acceptors (Lipinski definition) is 5. The van der Waals surface area contributed by atoms with Crippen LogP contribution in [0.4, 0.5) is 13.2 Å². The molecule has 0 aliphatic rings. The first kappa shape index (κ1) is 20.5. The summed E-state index contributed by atoms with van der Waals surface area (Å²) in [5.41, 5.74) is -5.38. The molecule has 1 atom stereocenters. The Balaban J connectivity index is 2.74. The van der Waals surface area contributed by atoms with Crippen LogP contribution in [0.15, 0.2) is 12.3 Å². The third-order valence-corrected chi connectivity index (χ3v) is 4.18. The minimum atomic E-state index is -5.47. The molecule has 0 aromatic carbocycles. The zero-order valence-electron chi connectivity index (χ0n) is 12.6. The molecule has 0 saturated heterocycles. The van der Waals surface area contributed by atoms with Crippen molar-refractivity contribution in [2.24, 2.45) is 0 Å². The van der Waals surface area contributed by atoms with Gasteiger partial charge >= 0.3 is 15.5 Å². The molecule has 0 bridgehead atoms. The van der Waals surface area contributed by atoms with Crippen molar-refractivity contribution < 1.29 is 31.1 Å². The minimum Gasteiger partial charge on any atom is -0.490 e. The first-order chi connectivity index (χ1) is 11.0. The van der Waals surface area contributed by atoms with E-state index in [1.807, 2.05) is 0 Å². The molecular weight excluding hydrogens is 375 g/mol. The van der Waals surface area contributed by atoms with Crippen LogP contribution >= 0.6 is 11.6 Å². The van der Waals surface area contributed by atoms with E-state index in [1.165, 1.54) is 17.7 Å². The zero-order valence-corrected chi connectivity index (χ0v) is 14.2. The average molecular weight is 390 g/mol. The minimum absolute atomic E-state index is 0.0274. The number of nitrogens with one attached hydrogen (secondary N) is 2. The second kappa shape index (κ2) is 7.99. The fourth-order valence-corrected chi connectivity index (χ4v) is 2.43. The summed E-state index contributed by atoms with van der Waals surface area (Å²) in [6.07, 6.45) is 1.16. The average Bonchev–Trinajstić information content (AvgIpc) is 2.45. The van der Waals surface area contributed by atoms with Crippen molar-refractivity contribution in [1.29, 1.82) is 0 Å². The Hall–Kier alpha value is -1.59. The Kier molecular flexibility index (Phi) is 6.81. The monoisotopic (exact) mass is 389 g/mol. The van der Waals surface area contributed by atoms with Gasteiger partial charge in [0.25, 0.3) is 5.91 Å². The smallest absolute Gasteiger partial charge is 0.490 e. The van der Waals surface area contributed by atoms with Gasteiger partial charge in [-0.25, -0.2) is 18.1 Å². The van der Waals surface area contributed by atoms with Gasteiger partial charge in [-0.05, 0) is 19.9 Å². The van der Waals surface area contributed by atoms with Crippen LogP contribution in [0.3, 0.4) is 0 Å². The van der Waals surface area contributed by atoms with E-state index in [-0.39, 0.29) is 16.5 Å². The molecule has 1 heterocycles. The lowest BCUT2D eigenvalue weighted by molar-refractivity contribution is -0.0451. The Morgan fingerprint density at radius 3 is 2.62 bits per heavy atom. The predicted octanol–water partition coefficient (Wildman–Crippen LogP) is 1.69. The second-order valence-corrected chi connectivity index (χ2v) is 6.71. The molecule has 0 unspecified atom stereocenters. The summed E-state index contributed by atoms with van der Waals surface area (Å²) in [7, 11) is -5.47. The number of carbonyl (C=O) groups is 1. The maximum Gasteiger partial charge on any atom is 0.511 e. The van der Waals surface area contributed by atoms with Crippen molar-refractivity contribution in [3.63, 3.8) is 0 Å². The number of rotatable bonds is 7. The number of nitrogens with zero attached hydrogens (tertiary/aromatic N) is 1. The molecule has 2 N–H and O–H groups in total. The van der Waals surface area contributed by atoms with Crippen molar-refractivity contribution in [2.75, 3.05) is 13.2 Å². The van der Waals surface area contributed by atoms with Crippen LogP contribution in [0.25, 0.3) is 0 Å². The van der Waals surface area contributed by atoms with Crippen LogP contribution in [0, 0.1) is 0 Å². The number of hydrogen-bond donors (Lipinski definition) is 2. The summed E-state index contributed by atoms with van der Waals surface area (Å²) in [6, 6.07) is 0.0888. The van der Waals surface area contributed by atoms with Crippen LogP contribution in [0.5, 0.6) is 5.75 Å². The molecule has 0 aliphatic heterocycles. The predicted molar refractivity (Wildman–Crippen MR) is 80.3 cm³/mol. The van der Waals surface area contributed by atoms with Crippen molar-refractivity contribution >= 4 is 27.5 Å². The lowest BCUT2D eigenvalue weighted by atomic mass is 10.2. The fraction of sp³-hybridized carbons (Fsp3) is 0.500. The number of carbonyl (C=O) groups excluding carboxylic acids is 1. The van der Waals surface area contributed by atoms with Crippen molar-refractivity contribution in [3.05, 3.63) is 23.0 Å². The lowest BCUT2D eigenvalue weighted by Gasteiger charge is -2.16. The van der Waals surface area contributed by atoms with E-state index in [9.17, 15) is 26.4 Å². The molecule has 7 nitrogen and oxygen atoms in total. The van der Waals surface area contributed by atoms with Gasteiger partial charge in [0.05, 0.1) is 17.8 Å². The number of sulfonamides is 1. The van der Waals surface area contributed by atoms with Crippen LogP contribution in [0.1, 0.15) is 24.2 Å². The number of alkyl halides is 3.